The molecule has 1 aromatic carbocycles. The van der Waals surface area contributed by atoms with Gasteiger partial charge in [-0.25, -0.2) is 4.39 Å². The maximum Gasteiger partial charge on any atom is 0.234 e. The number of carbonyl (C=O) groups is 1. The Kier molecular flexibility index (Phi) is 4.75. The smallest absolute Gasteiger partial charge is 0.234 e. The Morgan fingerprint density at radius 1 is 1.07 bits per heavy atom. The third-order valence-electron chi connectivity index (χ3n) is 3.69. The molecule has 4 rings (SSSR count). The van der Waals surface area contributed by atoms with Crippen LogP contribution < -0.4 is 5.32 Å². The van der Waals surface area contributed by atoms with Crippen LogP contribution in [0.15, 0.2) is 66.1 Å². The number of thioether (sulfide) groups is 1. The number of anilines is 1. The first-order valence-electron chi connectivity index (χ1n) is 8.01. The number of amides is 1. The number of hydrogen-bond donors (Lipinski definition) is 1. The zero-order chi connectivity index (χ0) is 18.6. The van der Waals surface area contributed by atoms with Gasteiger partial charge in [-0.3, -0.25) is 9.78 Å². The molecule has 3 aromatic heterocycles. The molecule has 0 fully saturated rings. The molecule has 0 atom stereocenters. The van der Waals surface area contributed by atoms with Crippen LogP contribution in [0.4, 0.5) is 10.1 Å². The van der Waals surface area contributed by atoms with Gasteiger partial charge < -0.3 is 5.32 Å². The van der Waals surface area contributed by atoms with E-state index in [-0.39, 0.29) is 17.3 Å². The van der Waals surface area contributed by atoms with Crippen molar-refractivity contribution in [3.05, 3.63) is 66.7 Å². The minimum atomic E-state index is -0.479. The summed E-state index contributed by atoms with van der Waals surface area (Å²) in [5.41, 5.74) is 2.37. The molecule has 4 aromatic rings. The highest BCUT2D eigenvalue weighted by atomic mass is 32.2. The van der Waals surface area contributed by atoms with E-state index in [9.17, 15) is 9.18 Å². The third-order valence-corrected chi connectivity index (χ3v) is 4.61. The monoisotopic (exact) mass is 380 g/mol. The summed E-state index contributed by atoms with van der Waals surface area (Å²) in [7, 11) is 0. The van der Waals surface area contributed by atoms with Crippen molar-refractivity contribution < 1.29 is 9.18 Å². The first kappa shape index (κ1) is 17.1. The molecular formula is C18H13FN6OS. The van der Waals surface area contributed by atoms with Crippen molar-refractivity contribution in [2.75, 3.05) is 11.1 Å². The zero-order valence-corrected chi connectivity index (χ0v) is 14.7. The minimum Gasteiger partial charge on any atom is -0.323 e. The number of fused-ring (bicyclic) bond motifs is 1. The third kappa shape index (κ3) is 3.77. The van der Waals surface area contributed by atoms with E-state index in [4.69, 9.17) is 0 Å². The van der Waals surface area contributed by atoms with Gasteiger partial charge in [0.1, 0.15) is 5.82 Å². The number of carbonyl (C=O) groups excluding carboxylic acids is 1. The second-order valence-corrected chi connectivity index (χ2v) is 6.47. The van der Waals surface area contributed by atoms with Crippen LogP contribution >= 0.6 is 11.8 Å². The summed E-state index contributed by atoms with van der Waals surface area (Å²) in [4.78, 5) is 16.1. The fourth-order valence-electron chi connectivity index (χ4n) is 2.41. The molecule has 0 aliphatic rings. The highest BCUT2D eigenvalue weighted by molar-refractivity contribution is 7.99. The summed E-state index contributed by atoms with van der Waals surface area (Å²) in [6.45, 7) is 0. The molecule has 1 N–H and O–H groups in total. The molecule has 0 radical (unpaired) electrons. The number of pyridine rings is 1. The summed E-state index contributed by atoms with van der Waals surface area (Å²) >= 11 is 1.17. The number of nitrogens with zero attached hydrogens (tertiary/aromatic N) is 5. The second-order valence-electron chi connectivity index (χ2n) is 5.52. The standard InChI is InChI=1S/C18H13FN6OS/c19-13-3-1-2-4-15(13)21-17(26)11-27-18-23-22-16-6-5-14(24-25(16)18)12-7-9-20-10-8-12/h1-10H,11H2,(H,21,26). The van der Waals surface area contributed by atoms with Gasteiger partial charge in [0.05, 0.1) is 17.1 Å². The molecule has 9 heteroatoms. The maximum atomic E-state index is 13.6. The van der Waals surface area contributed by atoms with Gasteiger partial charge in [0.15, 0.2) is 5.65 Å². The predicted molar refractivity (Wildman–Crippen MR) is 99.8 cm³/mol. The van der Waals surface area contributed by atoms with E-state index in [1.165, 1.54) is 23.9 Å². The van der Waals surface area contributed by atoms with E-state index in [1.54, 1.807) is 35.1 Å². The zero-order valence-electron chi connectivity index (χ0n) is 13.9. The normalized spacial score (nSPS) is 10.9. The first-order chi connectivity index (χ1) is 13.2. The molecule has 0 spiro atoms. The van der Waals surface area contributed by atoms with Crippen LogP contribution in [0, 0.1) is 5.82 Å². The van der Waals surface area contributed by atoms with Gasteiger partial charge in [-0.1, -0.05) is 23.9 Å². The lowest BCUT2D eigenvalue weighted by Crippen LogP contribution is -2.15. The molecule has 0 aliphatic carbocycles. The number of benzene rings is 1. The average Bonchev–Trinajstić information content (AvgIpc) is 3.11. The SMILES string of the molecule is O=C(CSc1nnc2ccc(-c3ccncc3)nn12)Nc1ccccc1F. The van der Waals surface area contributed by atoms with E-state index in [2.05, 4.69) is 25.6 Å². The fourth-order valence-corrected chi connectivity index (χ4v) is 3.10. The Balaban J connectivity index is 1.50. The van der Waals surface area contributed by atoms with E-state index < -0.39 is 5.82 Å². The highest BCUT2D eigenvalue weighted by Crippen LogP contribution is 2.20. The number of hydrogen-bond acceptors (Lipinski definition) is 6. The summed E-state index contributed by atoms with van der Waals surface area (Å²) in [6, 6.07) is 13.4. The summed E-state index contributed by atoms with van der Waals surface area (Å²) < 4.78 is 15.2. The second kappa shape index (κ2) is 7.50. The Labute approximate surface area is 157 Å². The number of nitrogens with one attached hydrogen (secondary N) is 1. The van der Waals surface area contributed by atoms with Crippen molar-refractivity contribution in [2.24, 2.45) is 0 Å². The molecule has 27 heavy (non-hydrogen) atoms. The van der Waals surface area contributed by atoms with Crippen LogP contribution in [0.1, 0.15) is 0 Å². The van der Waals surface area contributed by atoms with Crippen molar-refractivity contribution in [3.63, 3.8) is 0 Å². The van der Waals surface area contributed by atoms with Crippen LogP contribution in [0.25, 0.3) is 16.9 Å². The maximum absolute atomic E-state index is 13.6. The molecule has 7 nitrogen and oxygen atoms in total. The highest BCUT2D eigenvalue weighted by Gasteiger charge is 2.12. The molecule has 0 bridgehead atoms. The van der Waals surface area contributed by atoms with Gasteiger partial charge in [-0.05, 0) is 36.4 Å². The lowest BCUT2D eigenvalue weighted by molar-refractivity contribution is -0.113. The van der Waals surface area contributed by atoms with Crippen LogP contribution in [0.3, 0.4) is 0 Å². The van der Waals surface area contributed by atoms with Crippen molar-refractivity contribution in [1.82, 2.24) is 24.8 Å². The quantitative estimate of drug-likeness (QED) is 0.536. The number of halogens is 1. The molecule has 0 saturated carbocycles. The Hall–Kier alpha value is -3.33. The Morgan fingerprint density at radius 2 is 1.89 bits per heavy atom. The average molecular weight is 380 g/mol. The van der Waals surface area contributed by atoms with Crippen LogP contribution in [-0.4, -0.2) is 36.5 Å². The molecule has 134 valence electrons. The van der Waals surface area contributed by atoms with Crippen LogP contribution in [0.5, 0.6) is 0 Å². The number of rotatable bonds is 5. The van der Waals surface area contributed by atoms with Crippen molar-refractivity contribution in [3.8, 4) is 11.3 Å². The van der Waals surface area contributed by atoms with Crippen molar-refractivity contribution in [2.45, 2.75) is 5.16 Å². The molecule has 0 aliphatic heterocycles. The van der Waals surface area contributed by atoms with Gasteiger partial charge in [-0.2, -0.15) is 9.61 Å². The van der Waals surface area contributed by atoms with Crippen LogP contribution in [-0.2, 0) is 4.79 Å². The largest absolute Gasteiger partial charge is 0.323 e. The van der Waals surface area contributed by atoms with Gasteiger partial charge in [0, 0.05) is 18.0 Å². The topological polar surface area (TPSA) is 85.1 Å². The van der Waals surface area contributed by atoms with Gasteiger partial charge in [0.25, 0.3) is 0 Å². The molecule has 0 saturated heterocycles. The Bertz CT molecular complexity index is 1100. The summed E-state index contributed by atoms with van der Waals surface area (Å²) in [5.74, 6) is -0.768. The van der Waals surface area contributed by atoms with E-state index in [0.717, 1.165) is 11.3 Å². The van der Waals surface area contributed by atoms with Crippen molar-refractivity contribution >= 4 is 29.0 Å². The molecule has 3 heterocycles. The van der Waals surface area contributed by atoms with E-state index >= 15 is 0 Å². The predicted octanol–water partition coefficient (Wildman–Crippen LogP) is 3.06. The summed E-state index contributed by atoms with van der Waals surface area (Å²) in [6.07, 6.45) is 3.38. The van der Waals surface area contributed by atoms with Crippen molar-refractivity contribution in [1.29, 1.82) is 0 Å². The van der Waals surface area contributed by atoms with E-state index in [1.807, 2.05) is 18.2 Å². The first-order valence-corrected chi connectivity index (χ1v) is 8.99. The lowest BCUT2D eigenvalue weighted by Gasteiger charge is -2.05. The Morgan fingerprint density at radius 3 is 2.70 bits per heavy atom. The van der Waals surface area contributed by atoms with Gasteiger partial charge in [0.2, 0.25) is 11.1 Å². The van der Waals surface area contributed by atoms with Crippen LogP contribution in [0.2, 0.25) is 0 Å². The van der Waals surface area contributed by atoms with Gasteiger partial charge in [-0.15, -0.1) is 10.2 Å². The van der Waals surface area contributed by atoms with E-state index in [0.29, 0.717) is 10.8 Å². The minimum absolute atomic E-state index is 0.0519. The summed E-state index contributed by atoms with van der Waals surface area (Å²) in [5, 5.41) is 15.7. The lowest BCUT2D eigenvalue weighted by atomic mass is 10.2. The molecular weight excluding hydrogens is 367 g/mol. The fraction of sp³-hybridized carbons (Fsp3) is 0.0556. The number of para-hydroxylation sites is 1. The number of aromatic nitrogens is 5. The molecule has 1 amide bonds. The van der Waals surface area contributed by atoms with Gasteiger partial charge >= 0.3 is 0 Å². The molecule has 0 unspecified atom stereocenters.